The van der Waals surface area contributed by atoms with Crippen LogP contribution in [0.25, 0.3) is 0 Å². The SMILES string of the molecule is CCC(O)CO.CCC(O)C[N+](C)(C)C.CCCCCCCCCCCCC/C=C/C(O)C(N)CO.CCCCCCCCCCCCCCC(O)C(O)C(N)CO. The van der Waals surface area contributed by atoms with Gasteiger partial charge in [-0.1, -0.05) is 181 Å². The number of quaternary nitrogens is 1. The minimum Gasteiger partial charge on any atom is -0.395 e. The molecule has 0 amide bonds. The maximum atomic E-state index is 9.74. The van der Waals surface area contributed by atoms with Crippen molar-refractivity contribution in [2.75, 3.05) is 47.5 Å². The Hall–Kier alpha value is -0.700. The number of aliphatic hydroxyl groups excluding tert-OH is 8. The van der Waals surface area contributed by atoms with Crippen molar-refractivity contribution in [3.8, 4) is 0 Å². The molecule has 0 saturated carbocycles. The molecule has 7 unspecified atom stereocenters. The summed E-state index contributed by atoms with van der Waals surface area (Å²) in [7, 11) is 6.25. The summed E-state index contributed by atoms with van der Waals surface area (Å²) in [5.74, 6) is 0. The number of hydrogen-bond donors (Lipinski definition) is 10. The highest BCUT2D eigenvalue weighted by Crippen LogP contribution is 2.15. The van der Waals surface area contributed by atoms with Crippen LogP contribution in [0.2, 0.25) is 0 Å². The highest BCUT2D eigenvalue weighted by atomic mass is 16.3. The summed E-state index contributed by atoms with van der Waals surface area (Å²) in [6, 6.07) is -1.30. The van der Waals surface area contributed by atoms with E-state index in [0.717, 1.165) is 36.7 Å². The van der Waals surface area contributed by atoms with Gasteiger partial charge in [-0.2, -0.15) is 0 Å². The first-order valence-corrected chi connectivity index (χ1v) is 23.8. The van der Waals surface area contributed by atoms with Crippen molar-refractivity contribution in [1.82, 2.24) is 0 Å². The largest absolute Gasteiger partial charge is 0.395 e. The fraction of sp³-hybridized carbons (Fsp3) is 0.957. The molecule has 0 aliphatic heterocycles. The number of hydrogen-bond acceptors (Lipinski definition) is 10. The zero-order valence-electron chi connectivity index (χ0n) is 39.3. The number of likely N-dealkylation sites (N-methyl/N-ethyl adjacent to an activating group) is 1. The molecule has 12 N–H and O–H groups in total. The van der Waals surface area contributed by atoms with Gasteiger partial charge in [0.2, 0.25) is 0 Å². The first-order chi connectivity index (χ1) is 27.6. The first kappa shape index (κ1) is 63.9. The molecular weight excluding hydrogens is 735 g/mol. The van der Waals surface area contributed by atoms with E-state index in [9.17, 15) is 20.4 Å². The Kier molecular flexibility index (Phi) is 54.0. The summed E-state index contributed by atoms with van der Waals surface area (Å²) in [4.78, 5) is 0. The average Bonchev–Trinajstić information content (AvgIpc) is 3.21. The van der Waals surface area contributed by atoms with E-state index >= 15 is 0 Å². The molecule has 0 aromatic heterocycles. The molecule has 7 atom stereocenters. The van der Waals surface area contributed by atoms with Crippen LogP contribution in [-0.2, 0) is 0 Å². The van der Waals surface area contributed by atoms with Gasteiger partial charge in [0.15, 0.2) is 0 Å². The van der Waals surface area contributed by atoms with Crippen LogP contribution in [0.15, 0.2) is 12.2 Å². The fourth-order valence-electron chi connectivity index (χ4n) is 6.06. The summed E-state index contributed by atoms with van der Waals surface area (Å²) in [5.41, 5.74) is 11.0. The van der Waals surface area contributed by atoms with Crippen LogP contribution in [0.3, 0.4) is 0 Å². The summed E-state index contributed by atoms with van der Waals surface area (Å²) < 4.78 is 0.842. The van der Waals surface area contributed by atoms with E-state index in [-0.39, 0.29) is 25.9 Å². The van der Waals surface area contributed by atoms with E-state index in [1.165, 1.54) is 135 Å². The van der Waals surface area contributed by atoms with Gasteiger partial charge < -0.3 is 56.8 Å². The van der Waals surface area contributed by atoms with Gasteiger partial charge in [0.25, 0.3) is 0 Å². The second-order valence-electron chi connectivity index (χ2n) is 17.5. The molecule has 0 spiro atoms. The van der Waals surface area contributed by atoms with Crippen LogP contribution in [0.1, 0.15) is 201 Å². The van der Waals surface area contributed by atoms with Crippen molar-refractivity contribution in [3.05, 3.63) is 12.2 Å². The highest BCUT2D eigenvalue weighted by molar-refractivity contribution is 4.93. The normalized spacial score (nSPS) is 15.2. The average molecular weight is 839 g/mol. The summed E-state index contributed by atoms with van der Waals surface area (Å²) in [5, 5.41) is 72.2. The van der Waals surface area contributed by atoms with Gasteiger partial charge in [0.1, 0.15) is 12.6 Å². The number of rotatable bonds is 36. The summed E-state index contributed by atoms with van der Waals surface area (Å²) in [6.07, 6.45) is 33.8. The Bertz CT molecular complexity index is 786. The van der Waals surface area contributed by atoms with Gasteiger partial charge in [0, 0.05) is 0 Å². The minimum absolute atomic E-state index is 0.115. The van der Waals surface area contributed by atoms with Gasteiger partial charge in [-0.25, -0.2) is 0 Å². The Morgan fingerprint density at radius 3 is 1.12 bits per heavy atom. The number of nitrogens with zero attached hydrogens (tertiary/aromatic N) is 1. The molecule has 354 valence electrons. The molecule has 0 radical (unpaired) electrons. The molecule has 58 heavy (non-hydrogen) atoms. The molecule has 0 heterocycles. The molecule has 0 aromatic carbocycles. The molecule has 11 nitrogen and oxygen atoms in total. The van der Waals surface area contributed by atoms with Crippen molar-refractivity contribution in [2.24, 2.45) is 11.5 Å². The number of nitrogens with two attached hydrogens (primary N) is 2. The van der Waals surface area contributed by atoms with Gasteiger partial charge in [-0.15, -0.1) is 0 Å². The minimum atomic E-state index is -1.02. The number of unbranched alkanes of at least 4 members (excludes halogenated alkanes) is 22. The lowest BCUT2D eigenvalue weighted by molar-refractivity contribution is -0.873. The van der Waals surface area contributed by atoms with Gasteiger partial charge in [0.05, 0.1) is 77.5 Å². The fourth-order valence-corrected chi connectivity index (χ4v) is 6.06. The Morgan fingerprint density at radius 2 is 0.828 bits per heavy atom. The van der Waals surface area contributed by atoms with Crippen molar-refractivity contribution in [3.63, 3.8) is 0 Å². The molecule has 0 fully saturated rings. The zero-order valence-corrected chi connectivity index (χ0v) is 39.3. The Labute approximate surface area is 359 Å². The van der Waals surface area contributed by atoms with E-state index in [2.05, 4.69) is 35.0 Å². The Balaban J connectivity index is -0.000000373. The Morgan fingerprint density at radius 1 is 0.466 bits per heavy atom. The standard InChI is InChI=1S/C18H39NO3.C18H37NO2.C7H18NO.C4H10O2/c1-2-3-4-5-6-7-8-9-10-11-12-13-14-17(21)18(22)16(19)15-20;1-2-3-4-5-6-7-8-9-10-11-12-13-14-15-18(21)17(19)16-20;1-5-7(9)6-8(2,3)4;1-2-4(6)3-5/h16-18,20-22H,2-15,19H2,1H3;14-15,17-18,20-21H,2-13,16,19H2,1H3;7,9H,5-6H2,1-4H3;4-6H,2-3H2,1H3/q;;+1;/b;15-14+;;. The second-order valence-corrected chi connectivity index (χ2v) is 17.5. The molecule has 0 rings (SSSR count). The first-order valence-electron chi connectivity index (χ1n) is 23.8. The summed E-state index contributed by atoms with van der Waals surface area (Å²) in [6.45, 7) is 8.59. The maximum Gasteiger partial charge on any atom is 0.104 e. The van der Waals surface area contributed by atoms with Crippen molar-refractivity contribution >= 4 is 0 Å². The lowest BCUT2D eigenvalue weighted by Gasteiger charge is -2.26. The zero-order chi connectivity index (χ0) is 44.9. The lowest BCUT2D eigenvalue weighted by Crippen LogP contribution is -2.45. The molecule has 0 aromatic rings. The monoisotopic (exact) mass is 839 g/mol. The third-order valence-corrected chi connectivity index (χ3v) is 10.3. The predicted octanol–water partition coefficient (Wildman–Crippen LogP) is 7.26. The van der Waals surface area contributed by atoms with E-state index in [1.807, 2.05) is 19.9 Å². The third-order valence-electron chi connectivity index (χ3n) is 10.3. The quantitative estimate of drug-likeness (QED) is 0.0173. The molecule has 11 heteroatoms. The van der Waals surface area contributed by atoms with E-state index < -0.39 is 36.5 Å². The van der Waals surface area contributed by atoms with E-state index in [4.69, 9.17) is 31.9 Å². The molecule has 0 aliphatic carbocycles. The van der Waals surface area contributed by atoms with Crippen LogP contribution >= 0.6 is 0 Å². The second kappa shape index (κ2) is 49.0. The lowest BCUT2D eigenvalue weighted by atomic mass is 10.00. The predicted molar refractivity (Wildman–Crippen MR) is 247 cm³/mol. The summed E-state index contributed by atoms with van der Waals surface area (Å²) >= 11 is 0. The van der Waals surface area contributed by atoms with Crippen molar-refractivity contribution in [1.29, 1.82) is 0 Å². The van der Waals surface area contributed by atoms with Crippen molar-refractivity contribution in [2.45, 2.75) is 244 Å². The van der Waals surface area contributed by atoms with Crippen LogP contribution in [0.4, 0.5) is 0 Å². The molecule has 0 aliphatic rings. The van der Waals surface area contributed by atoms with Crippen LogP contribution in [0, 0.1) is 0 Å². The van der Waals surface area contributed by atoms with E-state index in [0.29, 0.717) is 12.8 Å². The number of allylic oxidation sites excluding steroid dienone is 1. The molecule has 0 bridgehead atoms. The van der Waals surface area contributed by atoms with Crippen molar-refractivity contribution < 1.29 is 45.3 Å². The van der Waals surface area contributed by atoms with E-state index in [1.54, 1.807) is 6.08 Å². The van der Waals surface area contributed by atoms with Crippen LogP contribution in [-0.4, -0.2) is 135 Å². The van der Waals surface area contributed by atoms with Gasteiger partial charge in [-0.3, -0.25) is 0 Å². The van der Waals surface area contributed by atoms with Crippen LogP contribution in [0.5, 0.6) is 0 Å². The number of aliphatic hydroxyl groups is 8. The maximum absolute atomic E-state index is 9.74. The topological polar surface area (TPSA) is 214 Å². The highest BCUT2D eigenvalue weighted by Gasteiger charge is 2.22. The van der Waals surface area contributed by atoms with Gasteiger partial charge >= 0.3 is 0 Å². The van der Waals surface area contributed by atoms with Gasteiger partial charge in [-0.05, 0) is 32.1 Å². The molecule has 0 saturated heterocycles. The molecular formula is C47H104N3O8+. The smallest absolute Gasteiger partial charge is 0.104 e. The third kappa shape index (κ3) is 53.3. The van der Waals surface area contributed by atoms with Crippen LogP contribution < -0.4 is 11.5 Å².